The molecule has 146 valence electrons. The van der Waals surface area contributed by atoms with E-state index in [0.29, 0.717) is 18.8 Å². The van der Waals surface area contributed by atoms with Crippen LogP contribution in [0.25, 0.3) is 5.52 Å². The maximum absolute atomic E-state index is 13.0. The van der Waals surface area contributed by atoms with Gasteiger partial charge < -0.3 is 9.72 Å². The lowest BCUT2D eigenvalue weighted by atomic mass is 10.1. The average molecular weight is 392 g/mol. The minimum absolute atomic E-state index is 0.00896. The van der Waals surface area contributed by atoms with Crippen LogP contribution in [0.15, 0.2) is 36.9 Å². The first-order valence-corrected chi connectivity index (χ1v) is 8.40. The molecule has 1 N–H and O–H groups in total. The van der Waals surface area contributed by atoms with Crippen LogP contribution in [0.3, 0.4) is 0 Å². The highest BCUT2D eigenvalue weighted by Gasteiger charge is 2.33. The quantitative estimate of drug-likeness (QED) is 0.720. The van der Waals surface area contributed by atoms with Crippen molar-refractivity contribution in [2.24, 2.45) is 0 Å². The predicted octanol–water partition coefficient (Wildman–Crippen LogP) is 1.71. The molecule has 0 aromatic carbocycles. The number of halogens is 3. The van der Waals surface area contributed by atoms with Crippen molar-refractivity contribution in [3.63, 3.8) is 0 Å². The van der Waals surface area contributed by atoms with Crippen LogP contribution in [0.2, 0.25) is 0 Å². The maximum Gasteiger partial charge on any atom is 0.416 e. The number of carbonyl (C=O) groups is 2. The highest BCUT2D eigenvalue weighted by atomic mass is 19.4. The Kier molecular flexibility index (Phi) is 4.09. The fourth-order valence-electron chi connectivity index (χ4n) is 3.20. The number of aromatic nitrogens is 4. The normalized spacial score (nSPS) is 17.5. The summed E-state index contributed by atoms with van der Waals surface area (Å²) in [6, 6.07) is 2.60. The molecule has 8 nitrogen and oxygen atoms in total. The molecule has 0 fully saturated rings. The SMILES string of the molecule is CN1C(=O)C(NC(=O)c2ncn3ccc(C(F)(F)F)cc23)CCn2nccc21. The third kappa shape index (κ3) is 2.98. The average Bonchev–Trinajstić information content (AvgIpc) is 3.26. The summed E-state index contributed by atoms with van der Waals surface area (Å²) in [4.78, 5) is 30.6. The zero-order valence-corrected chi connectivity index (χ0v) is 14.6. The zero-order chi connectivity index (χ0) is 20.1. The summed E-state index contributed by atoms with van der Waals surface area (Å²) >= 11 is 0. The molecule has 0 bridgehead atoms. The standard InChI is InChI=1S/C17H15F3N6O2/c1-24-13-2-5-22-26(13)7-4-11(16(24)28)23-15(27)14-12-8-10(17(18,19)20)3-6-25(12)9-21-14/h2-3,5-6,8-9,11H,4,7H2,1H3,(H,23,27). The Morgan fingerprint density at radius 3 is 2.86 bits per heavy atom. The molecular weight excluding hydrogens is 377 g/mol. The van der Waals surface area contributed by atoms with Crippen LogP contribution in [-0.4, -0.2) is 44.1 Å². The molecule has 28 heavy (non-hydrogen) atoms. The third-order valence-corrected chi connectivity index (χ3v) is 4.68. The second-order valence-corrected chi connectivity index (χ2v) is 6.42. The number of rotatable bonds is 2. The number of pyridine rings is 1. The molecular formula is C17H15F3N6O2. The van der Waals surface area contributed by atoms with Gasteiger partial charge in [0.1, 0.15) is 18.2 Å². The molecule has 1 aliphatic rings. The van der Waals surface area contributed by atoms with E-state index in [-0.39, 0.29) is 17.1 Å². The van der Waals surface area contributed by atoms with Gasteiger partial charge in [0, 0.05) is 25.9 Å². The van der Waals surface area contributed by atoms with E-state index < -0.39 is 23.7 Å². The van der Waals surface area contributed by atoms with Crippen LogP contribution in [0.4, 0.5) is 19.0 Å². The number of carbonyl (C=O) groups excluding carboxylic acids is 2. The van der Waals surface area contributed by atoms with Crippen molar-refractivity contribution >= 4 is 23.1 Å². The molecule has 3 aromatic heterocycles. The largest absolute Gasteiger partial charge is 0.416 e. The van der Waals surface area contributed by atoms with Gasteiger partial charge in [-0.2, -0.15) is 18.3 Å². The number of hydrogen-bond acceptors (Lipinski definition) is 4. The summed E-state index contributed by atoms with van der Waals surface area (Å²) in [5.41, 5.74) is -1.05. The Labute approximate surface area is 156 Å². The molecule has 0 saturated heterocycles. The molecule has 0 saturated carbocycles. The van der Waals surface area contributed by atoms with Gasteiger partial charge in [-0.25, -0.2) is 9.67 Å². The van der Waals surface area contributed by atoms with Gasteiger partial charge >= 0.3 is 6.18 Å². The monoisotopic (exact) mass is 392 g/mol. The Balaban J connectivity index is 1.60. The zero-order valence-electron chi connectivity index (χ0n) is 14.6. The number of nitrogens with one attached hydrogen (secondary N) is 1. The molecule has 1 aliphatic heterocycles. The van der Waals surface area contributed by atoms with Crippen LogP contribution < -0.4 is 10.2 Å². The predicted molar refractivity (Wildman–Crippen MR) is 91.7 cm³/mol. The van der Waals surface area contributed by atoms with Crippen LogP contribution in [-0.2, 0) is 17.5 Å². The summed E-state index contributed by atoms with van der Waals surface area (Å²) in [6.07, 6.45) is -0.233. The number of imidazole rings is 1. The lowest BCUT2D eigenvalue weighted by Crippen LogP contribution is -2.46. The summed E-state index contributed by atoms with van der Waals surface area (Å²) in [5, 5.41) is 6.71. The van der Waals surface area contributed by atoms with E-state index in [1.807, 2.05) is 0 Å². The molecule has 4 heterocycles. The summed E-state index contributed by atoms with van der Waals surface area (Å²) in [7, 11) is 1.57. The van der Waals surface area contributed by atoms with Crippen molar-refractivity contribution in [1.82, 2.24) is 24.5 Å². The lowest BCUT2D eigenvalue weighted by molar-refractivity contribution is -0.137. The van der Waals surface area contributed by atoms with Crippen LogP contribution in [0, 0.1) is 0 Å². The number of alkyl halides is 3. The van der Waals surface area contributed by atoms with Crippen molar-refractivity contribution in [1.29, 1.82) is 0 Å². The van der Waals surface area contributed by atoms with Gasteiger partial charge in [-0.1, -0.05) is 0 Å². The number of aryl methyl sites for hydroxylation is 1. The van der Waals surface area contributed by atoms with Crippen LogP contribution >= 0.6 is 0 Å². The fourth-order valence-corrected chi connectivity index (χ4v) is 3.20. The van der Waals surface area contributed by atoms with Crippen molar-refractivity contribution in [3.05, 3.63) is 48.2 Å². The minimum Gasteiger partial charge on any atom is -0.339 e. The van der Waals surface area contributed by atoms with E-state index in [1.54, 1.807) is 24.0 Å². The fraction of sp³-hybridized carbons (Fsp3) is 0.294. The van der Waals surface area contributed by atoms with Crippen LogP contribution in [0.5, 0.6) is 0 Å². The number of fused-ring (bicyclic) bond motifs is 2. The van der Waals surface area contributed by atoms with E-state index in [4.69, 9.17) is 0 Å². The number of likely N-dealkylation sites (N-methyl/N-ethyl adjacent to an activating group) is 1. The first-order chi connectivity index (χ1) is 13.3. The Morgan fingerprint density at radius 1 is 1.32 bits per heavy atom. The molecule has 0 radical (unpaired) electrons. The second-order valence-electron chi connectivity index (χ2n) is 6.42. The molecule has 2 amide bonds. The number of anilines is 1. The van der Waals surface area contributed by atoms with Gasteiger partial charge in [-0.3, -0.25) is 14.5 Å². The topological polar surface area (TPSA) is 84.5 Å². The molecule has 0 spiro atoms. The highest BCUT2D eigenvalue weighted by Crippen LogP contribution is 2.30. The third-order valence-electron chi connectivity index (χ3n) is 4.68. The van der Waals surface area contributed by atoms with Crippen molar-refractivity contribution in [2.75, 3.05) is 11.9 Å². The van der Waals surface area contributed by atoms with E-state index in [2.05, 4.69) is 15.4 Å². The van der Waals surface area contributed by atoms with Crippen LogP contribution in [0.1, 0.15) is 22.5 Å². The van der Waals surface area contributed by atoms with Crippen molar-refractivity contribution in [2.45, 2.75) is 25.2 Å². The van der Waals surface area contributed by atoms with E-state index >= 15 is 0 Å². The van der Waals surface area contributed by atoms with E-state index in [1.165, 1.54) is 21.8 Å². The van der Waals surface area contributed by atoms with E-state index in [9.17, 15) is 22.8 Å². The number of hydrogen-bond donors (Lipinski definition) is 1. The smallest absolute Gasteiger partial charge is 0.339 e. The molecule has 11 heteroatoms. The lowest BCUT2D eigenvalue weighted by Gasteiger charge is -2.20. The van der Waals surface area contributed by atoms with Gasteiger partial charge in [0.25, 0.3) is 11.8 Å². The number of amides is 2. The summed E-state index contributed by atoms with van der Waals surface area (Å²) in [5.74, 6) is -0.454. The number of nitrogens with zero attached hydrogens (tertiary/aromatic N) is 5. The first-order valence-electron chi connectivity index (χ1n) is 8.40. The van der Waals surface area contributed by atoms with Gasteiger partial charge in [0.05, 0.1) is 17.3 Å². The Hall–Kier alpha value is -3.37. The summed E-state index contributed by atoms with van der Waals surface area (Å²) in [6.45, 7) is 0.408. The van der Waals surface area contributed by atoms with Gasteiger partial charge in [-0.15, -0.1) is 0 Å². The highest BCUT2D eigenvalue weighted by molar-refractivity contribution is 6.04. The van der Waals surface area contributed by atoms with Gasteiger partial charge in [-0.05, 0) is 18.6 Å². The Morgan fingerprint density at radius 2 is 2.11 bits per heavy atom. The second kappa shape index (κ2) is 6.36. The van der Waals surface area contributed by atoms with Gasteiger partial charge in [0.2, 0.25) is 0 Å². The van der Waals surface area contributed by atoms with Gasteiger partial charge in [0.15, 0.2) is 5.69 Å². The van der Waals surface area contributed by atoms with Crippen molar-refractivity contribution < 1.29 is 22.8 Å². The first kappa shape index (κ1) is 18.0. The Bertz CT molecular complexity index is 1070. The minimum atomic E-state index is -4.54. The molecule has 1 unspecified atom stereocenters. The van der Waals surface area contributed by atoms with Crippen molar-refractivity contribution in [3.8, 4) is 0 Å². The summed E-state index contributed by atoms with van der Waals surface area (Å²) < 4.78 is 41.9. The molecule has 3 aromatic rings. The van der Waals surface area contributed by atoms with E-state index in [0.717, 1.165) is 12.1 Å². The molecule has 0 aliphatic carbocycles. The molecule has 1 atom stereocenters. The maximum atomic E-state index is 13.0. The molecule has 4 rings (SSSR count).